The van der Waals surface area contributed by atoms with Gasteiger partial charge in [-0.25, -0.2) is 0 Å². The summed E-state index contributed by atoms with van der Waals surface area (Å²) in [4.78, 5) is 0. The van der Waals surface area contributed by atoms with Crippen LogP contribution in [-0.2, 0) is 4.74 Å². The highest BCUT2D eigenvalue weighted by Gasteiger charge is 2.16. The molecule has 1 aromatic carbocycles. The molecule has 0 spiro atoms. The van der Waals surface area contributed by atoms with Crippen LogP contribution >= 0.6 is 0 Å². The first kappa shape index (κ1) is 9.47. The lowest BCUT2D eigenvalue weighted by Crippen LogP contribution is -2.18. The lowest BCUT2D eigenvalue weighted by Gasteiger charge is -2.24. The maximum Gasteiger partial charge on any atom is 0.0760 e. The fourth-order valence-electron chi connectivity index (χ4n) is 1.92. The predicted molar refractivity (Wildman–Crippen MR) is 59.1 cm³/mol. The maximum absolute atomic E-state index is 5.58. The average Bonchev–Trinajstić information content (AvgIpc) is 2.23. The van der Waals surface area contributed by atoms with E-state index in [-0.39, 0.29) is 6.10 Å². The molecular formula is C13H16O. The summed E-state index contributed by atoms with van der Waals surface area (Å²) in [5, 5.41) is 0. The Balaban J connectivity index is 2.38. The van der Waals surface area contributed by atoms with Crippen LogP contribution in [0.3, 0.4) is 0 Å². The number of benzene rings is 1. The Hall–Kier alpha value is -1.08. The van der Waals surface area contributed by atoms with E-state index in [1.807, 2.05) is 0 Å². The highest BCUT2D eigenvalue weighted by molar-refractivity contribution is 5.69. The fraction of sp³-hybridized carbons (Fsp3) is 0.385. The van der Waals surface area contributed by atoms with Crippen LogP contribution in [-0.4, -0.2) is 12.7 Å². The van der Waals surface area contributed by atoms with Crippen LogP contribution in [0.15, 0.2) is 35.9 Å². The third kappa shape index (κ3) is 1.73. The van der Waals surface area contributed by atoms with Gasteiger partial charge in [-0.2, -0.15) is 0 Å². The number of ether oxygens (including phenoxy) is 1. The lowest BCUT2D eigenvalue weighted by atomic mass is 9.94. The van der Waals surface area contributed by atoms with Gasteiger partial charge in [0.15, 0.2) is 0 Å². The van der Waals surface area contributed by atoms with Gasteiger partial charge < -0.3 is 4.74 Å². The summed E-state index contributed by atoms with van der Waals surface area (Å²) in [6.07, 6.45) is 1.32. The van der Waals surface area contributed by atoms with E-state index >= 15 is 0 Å². The van der Waals surface area contributed by atoms with Crippen LogP contribution in [0.2, 0.25) is 0 Å². The second kappa shape index (κ2) is 3.97. The third-order valence-electron chi connectivity index (χ3n) is 2.93. The second-order valence-electron chi connectivity index (χ2n) is 3.79. The van der Waals surface area contributed by atoms with Crippen molar-refractivity contribution in [3.8, 4) is 0 Å². The van der Waals surface area contributed by atoms with Gasteiger partial charge in [0.2, 0.25) is 0 Å². The van der Waals surface area contributed by atoms with Crippen molar-refractivity contribution < 1.29 is 4.74 Å². The van der Waals surface area contributed by atoms with Crippen LogP contribution in [0.1, 0.15) is 25.8 Å². The molecule has 0 N–H and O–H groups in total. The molecule has 14 heavy (non-hydrogen) atoms. The van der Waals surface area contributed by atoms with Gasteiger partial charge >= 0.3 is 0 Å². The molecule has 1 nitrogen and oxygen atoms in total. The van der Waals surface area contributed by atoms with Gasteiger partial charge in [-0.05, 0) is 37.0 Å². The van der Waals surface area contributed by atoms with E-state index < -0.39 is 0 Å². The van der Waals surface area contributed by atoms with Crippen molar-refractivity contribution in [3.63, 3.8) is 0 Å². The van der Waals surface area contributed by atoms with Gasteiger partial charge in [0.1, 0.15) is 0 Å². The zero-order valence-corrected chi connectivity index (χ0v) is 8.79. The minimum absolute atomic E-state index is 0.277. The molecule has 1 atom stereocenters. The van der Waals surface area contributed by atoms with Crippen molar-refractivity contribution in [2.45, 2.75) is 26.4 Å². The summed E-state index contributed by atoms with van der Waals surface area (Å²) in [5.41, 5.74) is 4.19. The van der Waals surface area contributed by atoms with Crippen LogP contribution in [0, 0.1) is 0 Å². The number of hydrogen-bond acceptors (Lipinski definition) is 1. The van der Waals surface area contributed by atoms with Crippen LogP contribution in [0.25, 0.3) is 5.57 Å². The van der Waals surface area contributed by atoms with Crippen molar-refractivity contribution in [1.29, 1.82) is 0 Å². The fourth-order valence-corrected chi connectivity index (χ4v) is 1.92. The normalized spacial score (nSPS) is 22.6. The molecule has 0 aliphatic carbocycles. The molecule has 0 aromatic heterocycles. The molecule has 1 unspecified atom stereocenters. The minimum Gasteiger partial charge on any atom is -0.374 e. The van der Waals surface area contributed by atoms with E-state index in [0.717, 1.165) is 13.0 Å². The number of hydrogen-bond donors (Lipinski definition) is 0. The van der Waals surface area contributed by atoms with E-state index in [4.69, 9.17) is 4.74 Å². The molecule has 0 radical (unpaired) electrons. The molecule has 0 fully saturated rings. The molecule has 0 saturated carbocycles. The van der Waals surface area contributed by atoms with Crippen molar-refractivity contribution in [3.05, 3.63) is 41.5 Å². The lowest BCUT2D eigenvalue weighted by molar-refractivity contribution is 0.0864. The van der Waals surface area contributed by atoms with Crippen molar-refractivity contribution >= 4 is 5.57 Å². The Kier molecular flexibility index (Phi) is 2.69. The van der Waals surface area contributed by atoms with Crippen LogP contribution < -0.4 is 0 Å². The monoisotopic (exact) mass is 188 g/mol. The highest BCUT2D eigenvalue weighted by Crippen LogP contribution is 2.28. The van der Waals surface area contributed by atoms with Crippen LogP contribution in [0.5, 0.6) is 0 Å². The standard InChI is InChI=1S/C13H16O/c1-10-11(2)14-9-8-13(10)12-6-4-3-5-7-12/h3-7,11H,8-9H2,1-2H3. The second-order valence-corrected chi connectivity index (χ2v) is 3.79. The molecule has 2 rings (SSSR count). The molecule has 1 aromatic rings. The smallest absolute Gasteiger partial charge is 0.0760 e. The van der Waals surface area contributed by atoms with Crippen LogP contribution in [0.4, 0.5) is 0 Å². The van der Waals surface area contributed by atoms with E-state index in [9.17, 15) is 0 Å². The predicted octanol–water partition coefficient (Wildman–Crippen LogP) is 3.27. The topological polar surface area (TPSA) is 9.23 Å². The molecule has 0 saturated heterocycles. The van der Waals surface area contributed by atoms with E-state index in [0.29, 0.717) is 0 Å². The van der Waals surface area contributed by atoms with Gasteiger partial charge in [0.25, 0.3) is 0 Å². The van der Waals surface area contributed by atoms with Crippen molar-refractivity contribution in [2.24, 2.45) is 0 Å². The Morgan fingerprint density at radius 2 is 1.93 bits per heavy atom. The van der Waals surface area contributed by atoms with Gasteiger partial charge in [0, 0.05) is 0 Å². The average molecular weight is 188 g/mol. The summed E-state index contributed by atoms with van der Waals surface area (Å²) < 4.78 is 5.58. The minimum atomic E-state index is 0.277. The Morgan fingerprint density at radius 1 is 1.21 bits per heavy atom. The molecule has 74 valence electrons. The molecule has 0 bridgehead atoms. The van der Waals surface area contributed by atoms with Crippen molar-refractivity contribution in [2.75, 3.05) is 6.61 Å². The summed E-state index contributed by atoms with van der Waals surface area (Å²) in [5.74, 6) is 0. The van der Waals surface area contributed by atoms with E-state index in [1.165, 1.54) is 16.7 Å². The molecule has 1 aliphatic rings. The molecule has 1 heteroatoms. The number of rotatable bonds is 1. The SMILES string of the molecule is CC1=C(c2ccccc2)CCOC1C. The zero-order chi connectivity index (χ0) is 9.97. The molecule has 1 heterocycles. The third-order valence-corrected chi connectivity index (χ3v) is 2.93. The first-order valence-corrected chi connectivity index (χ1v) is 5.15. The Morgan fingerprint density at radius 3 is 2.64 bits per heavy atom. The quantitative estimate of drug-likeness (QED) is 0.657. The van der Waals surface area contributed by atoms with Gasteiger partial charge in [0.05, 0.1) is 12.7 Å². The first-order valence-electron chi connectivity index (χ1n) is 5.15. The summed E-state index contributed by atoms with van der Waals surface area (Å²) in [6.45, 7) is 5.15. The van der Waals surface area contributed by atoms with Crippen molar-refractivity contribution in [1.82, 2.24) is 0 Å². The van der Waals surface area contributed by atoms with Gasteiger partial charge in [-0.15, -0.1) is 0 Å². The largest absolute Gasteiger partial charge is 0.374 e. The van der Waals surface area contributed by atoms with E-state index in [2.05, 4.69) is 44.2 Å². The summed E-state index contributed by atoms with van der Waals surface area (Å²) in [7, 11) is 0. The maximum atomic E-state index is 5.58. The Labute approximate surface area is 85.4 Å². The van der Waals surface area contributed by atoms with Gasteiger partial charge in [-0.1, -0.05) is 30.3 Å². The highest BCUT2D eigenvalue weighted by atomic mass is 16.5. The molecule has 1 aliphatic heterocycles. The summed E-state index contributed by atoms with van der Waals surface area (Å²) in [6, 6.07) is 10.6. The molecular weight excluding hydrogens is 172 g/mol. The zero-order valence-electron chi connectivity index (χ0n) is 8.79. The summed E-state index contributed by atoms with van der Waals surface area (Å²) >= 11 is 0. The molecule has 0 amide bonds. The first-order chi connectivity index (χ1) is 6.79. The van der Waals surface area contributed by atoms with Gasteiger partial charge in [-0.3, -0.25) is 0 Å². The van der Waals surface area contributed by atoms with E-state index in [1.54, 1.807) is 0 Å². The Bertz CT molecular complexity index is 338.